The van der Waals surface area contributed by atoms with Gasteiger partial charge in [-0.1, -0.05) is 35.0 Å². The molecule has 0 radical (unpaired) electrons. The molecule has 170 valence electrons. The van der Waals surface area contributed by atoms with Gasteiger partial charge in [0.2, 0.25) is 0 Å². The Bertz CT molecular complexity index is 1320. The van der Waals surface area contributed by atoms with Crippen LogP contribution in [0.5, 0.6) is 0 Å². The van der Waals surface area contributed by atoms with Crippen molar-refractivity contribution in [1.82, 2.24) is 19.9 Å². The lowest BCUT2D eigenvalue weighted by Crippen LogP contribution is -2.46. The fourth-order valence-electron chi connectivity index (χ4n) is 4.15. The molecule has 2 amide bonds. The van der Waals surface area contributed by atoms with Crippen LogP contribution in [-0.2, 0) is 6.54 Å². The van der Waals surface area contributed by atoms with Crippen LogP contribution in [0.25, 0.3) is 21.5 Å². The van der Waals surface area contributed by atoms with Crippen LogP contribution in [0.15, 0.2) is 53.1 Å². The maximum absolute atomic E-state index is 13.2. The van der Waals surface area contributed by atoms with Gasteiger partial charge in [-0.3, -0.25) is 4.79 Å². The molecule has 10 heteroatoms. The van der Waals surface area contributed by atoms with Crippen molar-refractivity contribution in [2.24, 2.45) is 0 Å². The van der Waals surface area contributed by atoms with E-state index in [0.29, 0.717) is 54.0 Å². The molecular weight excluding hydrogens is 464 g/mol. The molecular formula is C23H21ClN4O4S. The normalized spacial score (nSPS) is 14.6. The molecule has 33 heavy (non-hydrogen) atoms. The van der Waals surface area contributed by atoms with Crippen molar-refractivity contribution < 1.29 is 19.2 Å². The summed E-state index contributed by atoms with van der Waals surface area (Å²) in [4.78, 5) is 26.6. The second-order valence-corrected chi connectivity index (χ2v) is 9.69. The van der Waals surface area contributed by atoms with Crippen LogP contribution in [-0.4, -0.2) is 50.9 Å². The predicted molar refractivity (Wildman–Crippen MR) is 126 cm³/mol. The molecule has 4 aromatic rings. The fourth-order valence-corrected chi connectivity index (χ4v) is 5.15. The number of likely N-dealkylation sites (tertiary alicyclic amines) is 1. The molecule has 0 atom stereocenters. The number of para-hydroxylation sites is 1. The lowest BCUT2D eigenvalue weighted by molar-refractivity contribution is 0.0899. The van der Waals surface area contributed by atoms with Gasteiger partial charge in [0, 0.05) is 36.1 Å². The minimum Gasteiger partial charge on any atom is -0.465 e. The zero-order chi connectivity index (χ0) is 22.9. The summed E-state index contributed by atoms with van der Waals surface area (Å²) in [7, 11) is 0. The third-order valence-electron chi connectivity index (χ3n) is 5.84. The molecule has 0 unspecified atom stereocenters. The van der Waals surface area contributed by atoms with Gasteiger partial charge in [0.15, 0.2) is 5.76 Å². The third kappa shape index (κ3) is 4.46. The first kappa shape index (κ1) is 21.5. The Morgan fingerprint density at radius 2 is 1.97 bits per heavy atom. The van der Waals surface area contributed by atoms with Crippen LogP contribution in [0.2, 0.25) is 4.34 Å². The van der Waals surface area contributed by atoms with Gasteiger partial charge >= 0.3 is 6.09 Å². The molecule has 0 aliphatic carbocycles. The highest BCUT2D eigenvalue weighted by Crippen LogP contribution is 2.32. The third-order valence-corrected chi connectivity index (χ3v) is 7.08. The van der Waals surface area contributed by atoms with Gasteiger partial charge in [0.25, 0.3) is 5.91 Å². The molecule has 0 spiro atoms. The minimum absolute atomic E-state index is 0.0678. The topological polar surface area (TPSA) is 101 Å². The number of piperidine rings is 1. The van der Waals surface area contributed by atoms with Gasteiger partial charge < -0.3 is 24.4 Å². The Morgan fingerprint density at radius 3 is 2.70 bits per heavy atom. The van der Waals surface area contributed by atoms with E-state index in [4.69, 9.17) is 21.2 Å². The average Bonchev–Trinajstić information content (AvgIpc) is 3.53. The second kappa shape index (κ2) is 8.92. The highest BCUT2D eigenvalue weighted by atomic mass is 35.5. The Labute approximate surface area is 198 Å². The number of hydrogen-bond acceptors (Lipinski definition) is 5. The zero-order valence-corrected chi connectivity index (χ0v) is 19.1. The molecule has 8 nitrogen and oxygen atoms in total. The number of fused-ring (bicyclic) bond motifs is 1. The molecule has 1 aromatic carbocycles. The smallest absolute Gasteiger partial charge is 0.407 e. The van der Waals surface area contributed by atoms with Crippen molar-refractivity contribution >= 4 is 45.8 Å². The number of aromatic nitrogens is 2. The number of amides is 2. The summed E-state index contributed by atoms with van der Waals surface area (Å²) in [5, 5.41) is 17.4. The Hall–Kier alpha value is -3.30. The van der Waals surface area contributed by atoms with E-state index in [2.05, 4.69) is 10.5 Å². The largest absolute Gasteiger partial charge is 0.465 e. The molecule has 1 aliphatic heterocycles. The maximum atomic E-state index is 13.2. The van der Waals surface area contributed by atoms with E-state index in [9.17, 15) is 9.59 Å². The lowest BCUT2D eigenvalue weighted by atomic mass is 10.1. The van der Waals surface area contributed by atoms with E-state index in [1.54, 1.807) is 0 Å². The van der Waals surface area contributed by atoms with Crippen LogP contribution >= 0.6 is 22.9 Å². The monoisotopic (exact) mass is 484 g/mol. The van der Waals surface area contributed by atoms with Gasteiger partial charge in [0.1, 0.15) is 11.4 Å². The van der Waals surface area contributed by atoms with Crippen LogP contribution in [0, 0.1) is 0 Å². The first-order valence-electron chi connectivity index (χ1n) is 10.6. The van der Waals surface area contributed by atoms with Crippen molar-refractivity contribution in [3.05, 3.63) is 64.3 Å². The molecule has 1 saturated heterocycles. The summed E-state index contributed by atoms with van der Waals surface area (Å²) in [5.74, 6) is 0.447. The van der Waals surface area contributed by atoms with Gasteiger partial charge in [-0.05, 0) is 37.1 Å². The summed E-state index contributed by atoms with van der Waals surface area (Å²) in [6.07, 6.45) is 0.263. The first-order chi connectivity index (χ1) is 16.0. The second-order valence-electron chi connectivity index (χ2n) is 7.98. The van der Waals surface area contributed by atoms with Crippen LogP contribution in [0.4, 0.5) is 4.79 Å². The van der Waals surface area contributed by atoms with Gasteiger partial charge in [-0.2, -0.15) is 0 Å². The number of carbonyl (C=O) groups excluding carboxylic acids is 1. The van der Waals surface area contributed by atoms with Crippen molar-refractivity contribution in [3.8, 4) is 10.6 Å². The molecule has 5 rings (SSSR count). The number of halogens is 1. The van der Waals surface area contributed by atoms with Crippen molar-refractivity contribution in [3.63, 3.8) is 0 Å². The van der Waals surface area contributed by atoms with E-state index in [1.165, 1.54) is 16.2 Å². The summed E-state index contributed by atoms with van der Waals surface area (Å²) in [6.45, 7) is 1.20. The summed E-state index contributed by atoms with van der Waals surface area (Å²) in [6, 6.07) is 15.2. The maximum Gasteiger partial charge on any atom is 0.407 e. The molecule has 1 aliphatic rings. The standard InChI is InChI=1S/C23H21ClN4O4S/c24-21-6-5-20(33-21)19-12-16(26-32-19)13-28-17-4-2-1-3-14(17)11-18(28)22(29)25-15-7-9-27(10-8-15)23(30)31/h1-6,11-12,15H,7-10,13H2,(H,25,29)(H,30,31). The predicted octanol–water partition coefficient (Wildman–Crippen LogP) is 4.93. The molecule has 2 N–H and O–H groups in total. The Kier molecular flexibility index (Phi) is 5.82. The highest BCUT2D eigenvalue weighted by Gasteiger charge is 2.25. The summed E-state index contributed by atoms with van der Waals surface area (Å²) in [5.41, 5.74) is 2.15. The zero-order valence-electron chi connectivity index (χ0n) is 17.5. The number of rotatable bonds is 5. The van der Waals surface area contributed by atoms with E-state index in [1.807, 2.05) is 53.1 Å². The highest BCUT2D eigenvalue weighted by molar-refractivity contribution is 7.19. The van der Waals surface area contributed by atoms with E-state index < -0.39 is 6.09 Å². The minimum atomic E-state index is -0.920. The Balaban J connectivity index is 1.38. The van der Waals surface area contributed by atoms with Crippen LogP contribution in [0.1, 0.15) is 29.0 Å². The van der Waals surface area contributed by atoms with Crippen molar-refractivity contribution in [2.75, 3.05) is 13.1 Å². The summed E-state index contributed by atoms with van der Waals surface area (Å²) < 4.78 is 8.12. The van der Waals surface area contributed by atoms with Crippen molar-refractivity contribution in [2.45, 2.75) is 25.4 Å². The van der Waals surface area contributed by atoms with Gasteiger partial charge in [-0.15, -0.1) is 11.3 Å². The number of nitrogens with one attached hydrogen (secondary N) is 1. The molecule has 0 bridgehead atoms. The van der Waals surface area contributed by atoms with Crippen molar-refractivity contribution in [1.29, 1.82) is 0 Å². The number of carbonyl (C=O) groups is 2. The molecule has 1 fully saturated rings. The van der Waals surface area contributed by atoms with Gasteiger partial charge in [-0.25, -0.2) is 4.79 Å². The number of thiophene rings is 1. The van der Waals surface area contributed by atoms with E-state index >= 15 is 0 Å². The SMILES string of the molecule is O=C(NC1CCN(C(=O)O)CC1)c1cc2ccccc2n1Cc1cc(-c2ccc(Cl)s2)on1. The quantitative estimate of drug-likeness (QED) is 0.418. The number of nitrogens with zero attached hydrogens (tertiary/aromatic N) is 3. The Morgan fingerprint density at radius 1 is 1.18 bits per heavy atom. The molecule has 3 aromatic heterocycles. The average molecular weight is 485 g/mol. The summed E-state index contributed by atoms with van der Waals surface area (Å²) >= 11 is 7.45. The first-order valence-corrected chi connectivity index (χ1v) is 11.8. The van der Waals surface area contributed by atoms with E-state index in [-0.39, 0.29) is 11.9 Å². The molecule has 0 saturated carbocycles. The number of carboxylic acid groups (broad SMARTS) is 1. The number of benzene rings is 1. The fraction of sp³-hybridized carbons (Fsp3) is 0.261. The van der Waals surface area contributed by atoms with E-state index in [0.717, 1.165) is 15.8 Å². The number of hydrogen-bond donors (Lipinski definition) is 2. The van der Waals surface area contributed by atoms with Gasteiger partial charge in [0.05, 0.1) is 15.8 Å². The van der Waals surface area contributed by atoms with Crippen LogP contribution in [0.3, 0.4) is 0 Å². The van der Waals surface area contributed by atoms with Crippen LogP contribution < -0.4 is 5.32 Å². The lowest BCUT2D eigenvalue weighted by Gasteiger charge is -2.30. The molecule has 4 heterocycles.